The van der Waals surface area contributed by atoms with Crippen LogP contribution in [-0.4, -0.2) is 26.8 Å². The molecule has 33 heavy (non-hydrogen) atoms. The van der Waals surface area contributed by atoms with Gasteiger partial charge in [-0.25, -0.2) is 9.18 Å². The van der Waals surface area contributed by atoms with Crippen LogP contribution in [0.15, 0.2) is 60.7 Å². The van der Waals surface area contributed by atoms with E-state index < -0.39 is 40.0 Å². The van der Waals surface area contributed by atoms with E-state index in [9.17, 15) is 27.2 Å². The molecule has 4 rings (SSSR count). The summed E-state index contributed by atoms with van der Waals surface area (Å²) in [5.74, 6) is -3.39. The van der Waals surface area contributed by atoms with Crippen molar-refractivity contribution in [2.75, 3.05) is 0 Å². The third kappa shape index (κ3) is 4.54. The van der Waals surface area contributed by atoms with Crippen LogP contribution in [0.5, 0.6) is 0 Å². The summed E-state index contributed by atoms with van der Waals surface area (Å²) in [7, 11) is 0. The third-order valence-corrected chi connectivity index (χ3v) is 5.10. The Hall–Kier alpha value is -2.72. The summed E-state index contributed by atoms with van der Waals surface area (Å²) in [5.41, 5.74) is -2.34. The maximum atomic E-state index is 14.7. The number of carboxylic acid groups (broad SMARTS) is 1. The van der Waals surface area contributed by atoms with Crippen LogP contribution >= 0.6 is 11.6 Å². The second-order valence-corrected chi connectivity index (χ2v) is 7.15. The van der Waals surface area contributed by atoms with Gasteiger partial charge in [0, 0.05) is 10.9 Å². The number of rotatable bonds is 3. The van der Waals surface area contributed by atoms with Crippen molar-refractivity contribution in [3.8, 4) is 11.3 Å². The normalized spacial score (nSPS) is 11.3. The molecule has 0 amide bonds. The van der Waals surface area contributed by atoms with Crippen LogP contribution in [0.2, 0.25) is 5.02 Å². The molecular weight excluding hydrogens is 475 g/mol. The van der Waals surface area contributed by atoms with Crippen molar-refractivity contribution in [3.05, 3.63) is 88.2 Å². The number of carbonyl (C=O) groups excluding carboxylic acids is 1. The standard InChI is InChI=1S/C22H11ClF4N2O3.Na.H/c23-15-6-3-5-14(22(25,26)27)18(15)20(30)29-17-7-2-1-4-13(17)19(28-29)12-9-8-11(21(31)32)10-16(12)24;;/h1-10H,(H,31,32);;/q;+1;-1. The molecule has 1 N–H and O–H groups in total. The monoisotopic (exact) mass is 486 g/mol. The fraction of sp³-hybridized carbons (Fsp3) is 0.0455. The molecule has 1 aromatic heterocycles. The van der Waals surface area contributed by atoms with Gasteiger partial charge in [-0.1, -0.05) is 35.9 Å². The van der Waals surface area contributed by atoms with E-state index in [1.54, 1.807) is 12.1 Å². The van der Waals surface area contributed by atoms with Crippen molar-refractivity contribution in [1.29, 1.82) is 0 Å². The maximum Gasteiger partial charge on any atom is 1.00 e. The van der Waals surface area contributed by atoms with Crippen LogP contribution in [0, 0.1) is 5.82 Å². The number of aromatic carboxylic acids is 1. The number of alkyl halides is 3. The molecule has 11 heteroatoms. The van der Waals surface area contributed by atoms with E-state index in [0.29, 0.717) is 0 Å². The number of carboxylic acids is 1. The van der Waals surface area contributed by atoms with Gasteiger partial charge in [0.2, 0.25) is 0 Å². The van der Waals surface area contributed by atoms with E-state index in [4.69, 9.17) is 16.7 Å². The van der Waals surface area contributed by atoms with E-state index in [1.807, 2.05) is 0 Å². The second-order valence-electron chi connectivity index (χ2n) is 6.74. The van der Waals surface area contributed by atoms with Crippen LogP contribution < -0.4 is 29.6 Å². The first-order chi connectivity index (χ1) is 15.1. The van der Waals surface area contributed by atoms with Crippen LogP contribution in [0.3, 0.4) is 0 Å². The van der Waals surface area contributed by atoms with Gasteiger partial charge in [-0.15, -0.1) is 0 Å². The Morgan fingerprint density at radius 2 is 1.73 bits per heavy atom. The van der Waals surface area contributed by atoms with Gasteiger partial charge in [0.1, 0.15) is 11.5 Å². The zero-order chi connectivity index (χ0) is 23.2. The van der Waals surface area contributed by atoms with Crippen LogP contribution in [0.1, 0.15) is 27.7 Å². The summed E-state index contributed by atoms with van der Waals surface area (Å²) < 4.78 is 55.9. The predicted molar refractivity (Wildman–Crippen MR) is 109 cm³/mol. The molecule has 5 nitrogen and oxygen atoms in total. The molecule has 0 spiro atoms. The number of halogens is 5. The van der Waals surface area contributed by atoms with Gasteiger partial charge in [-0.05, 0) is 36.4 Å². The molecule has 0 fully saturated rings. The van der Waals surface area contributed by atoms with Crippen molar-refractivity contribution in [2.24, 2.45) is 0 Å². The number of carbonyl (C=O) groups is 2. The van der Waals surface area contributed by atoms with E-state index in [2.05, 4.69) is 5.10 Å². The number of hydrogen-bond acceptors (Lipinski definition) is 3. The Morgan fingerprint density at radius 1 is 1.03 bits per heavy atom. The summed E-state index contributed by atoms with van der Waals surface area (Å²) in [6, 6.07) is 12.2. The van der Waals surface area contributed by atoms with Crippen molar-refractivity contribution >= 4 is 34.4 Å². The van der Waals surface area contributed by atoms with Gasteiger partial charge in [0.25, 0.3) is 5.91 Å². The number of para-hydroxylation sites is 1. The minimum absolute atomic E-state index is 0. The molecule has 0 saturated carbocycles. The Labute approximate surface area is 212 Å². The zero-order valence-corrected chi connectivity index (χ0v) is 19.6. The molecule has 4 aromatic rings. The zero-order valence-electron chi connectivity index (χ0n) is 17.8. The number of nitrogens with zero attached hydrogens (tertiary/aromatic N) is 2. The van der Waals surface area contributed by atoms with Gasteiger partial charge < -0.3 is 6.53 Å². The number of benzene rings is 3. The van der Waals surface area contributed by atoms with E-state index in [1.165, 1.54) is 18.2 Å². The molecule has 0 atom stereocenters. The molecule has 0 aliphatic heterocycles. The first-order valence-electron chi connectivity index (χ1n) is 9.01. The van der Waals surface area contributed by atoms with Crippen molar-refractivity contribution in [1.82, 2.24) is 9.78 Å². The maximum absolute atomic E-state index is 14.7. The van der Waals surface area contributed by atoms with Gasteiger partial charge >= 0.3 is 41.7 Å². The smallest absolute Gasteiger partial charge is 1.00 e. The molecule has 0 saturated heterocycles. The quantitative estimate of drug-likeness (QED) is 0.357. The van der Waals surface area contributed by atoms with Gasteiger partial charge in [-0.3, -0.25) is 4.79 Å². The van der Waals surface area contributed by atoms with Gasteiger partial charge in [0.05, 0.1) is 27.2 Å². The molecule has 164 valence electrons. The molecule has 0 bridgehead atoms. The van der Waals surface area contributed by atoms with Gasteiger partial charge in [-0.2, -0.15) is 23.0 Å². The summed E-state index contributed by atoms with van der Waals surface area (Å²) in [6.45, 7) is 0. The summed E-state index contributed by atoms with van der Waals surface area (Å²) in [4.78, 5) is 24.2. The number of aromatic nitrogens is 2. The summed E-state index contributed by atoms with van der Waals surface area (Å²) >= 11 is 5.95. The van der Waals surface area contributed by atoms with Crippen molar-refractivity contribution < 1.29 is 63.2 Å². The number of hydrogen-bond donors (Lipinski definition) is 1. The van der Waals surface area contributed by atoms with Crippen LogP contribution in [-0.2, 0) is 6.18 Å². The molecule has 3 aromatic carbocycles. The predicted octanol–water partition coefficient (Wildman–Crippen LogP) is 3.02. The SMILES string of the molecule is O=C(O)c1ccc(-c2nn(C(=O)c3c(Cl)cccc3C(F)(F)F)c3ccccc23)c(F)c1.[H-].[Na+]. The first kappa shape index (κ1) is 24.9. The summed E-state index contributed by atoms with van der Waals surface area (Å²) in [5, 5.41) is 13.0. The largest absolute Gasteiger partial charge is 1.00 e. The third-order valence-electron chi connectivity index (χ3n) is 4.78. The van der Waals surface area contributed by atoms with Gasteiger partial charge in [0.15, 0.2) is 0 Å². The summed E-state index contributed by atoms with van der Waals surface area (Å²) in [6.07, 6.45) is -4.85. The fourth-order valence-corrected chi connectivity index (χ4v) is 3.60. The molecule has 0 aliphatic rings. The minimum atomic E-state index is -4.85. The topological polar surface area (TPSA) is 72.2 Å². The Morgan fingerprint density at radius 3 is 2.36 bits per heavy atom. The fourth-order valence-electron chi connectivity index (χ4n) is 3.34. The van der Waals surface area contributed by atoms with E-state index >= 15 is 0 Å². The molecule has 0 aliphatic carbocycles. The molecule has 0 radical (unpaired) electrons. The molecular formula is C22H12ClF4N2NaO3. The van der Waals surface area contributed by atoms with Crippen molar-refractivity contribution in [2.45, 2.75) is 6.18 Å². The molecule has 0 unspecified atom stereocenters. The average molecular weight is 487 g/mol. The number of fused-ring (bicyclic) bond motifs is 1. The minimum Gasteiger partial charge on any atom is -1.00 e. The van der Waals surface area contributed by atoms with Crippen LogP contribution in [0.25, 0.3) is 22.2 Å². The average Bonchev–Trinajstić information content (AvgIpc) is 3.12. The first-order valence-corrected chi connectivity index (χ1v) is 9.38. The Bertz CT molecular complexity index is 1410. The van der Waals surface area contributed by atoms with Crippen LogP contribution in [0.4, 0.5) is 17.6 Å². The second kappa shape index (κ2) is 9.26. The Kier molecular flexibility index (Phi) is 6.99. The Balaban J connectivity index is 0.00000204. The molecule has 1 heterocycles. The van der Waals surface area contributed by atoms with E-state index in [-0.39, 0.29) is 58.7 Å². The van der Waals surface area contributed by atoms with Crippen molar-refractivity contribution in [3.63, 3.8) is 0 Å². The van der Waals surface area contributed by atoms with E-state index in [0.717, 1.165) is 35.0 Å².